The van der Waals surface area contributed by atoms with Gasteiger partial charge in [0.15, 0.2) is 0 Å². The van der Waals surface area contributed by atoms with Gasteiger partial charge in [0.05, 0.1) is 5.70 Å². The predicted molar refractivity (Wildman–Crippen MR) is 197 cm³/mol. The van der Waals surface area contributed by atoms with Gasteiger partial charge in [-0.1, -0.05) is 146 Å². The van der Waals surface area contributed by atoms with Crippen LogP contribution in [-0.4, -0.2) is 0 Å². The highest BCUT2D eigenvalue weighted by atomic mass is 15.2. The van der Waals surface area contributed by atoms with Crippen LogP contribution in [0.15, 0.2) is 194 Å². The van der Waals surface area contributed by atoms with Gasteiger partial charge in [-0.25, -0.2) is 0 Å². The second-order valence-corrected chi connectivity index (χ2v) is 11.2. The molecule has 0 radical (unpaired) electrons. The Hall–Kier alpha value is -5.60. The maximum Gasteiger partial charge on any atom is 0.0732 e. The molecule has 0 aliphatic carbocycles. The Labute approximate surface area is 274 Å². The zero-order valence-corrected chi connectivity index (χ0v) is 26.2. The number of hydrogen-bond donors (Lipinski definition) is 0. The molecule has 0 N–H and O–H groups in total. The molecule has 0 amide bonds. The van der Waals surface area contributed by atoms with Crippen molar-refractivity contribution in [2.45, 2.75) is 25.7 Å². The van der Waals surface area contributed by atoms with Crippen molar-refractivity contribution in [2.24, 2.45) is 0 Å². The Balaban J connectivity index is 1.52. The van der Waals surface area contributed by atoms with Crippen molar-refractivity contribution in [2.75, 3.05) is 9.80 Å². The summed E-state index contributed by atoms with van der Waals surface area (Å²) in [5.74, 6) is 0. The van der Waals surface area contributed by atoms with Crippen LogP contribution in [0.25, 0.3) is 11.8 Å². The molecule has 0 aliphatic rings. The number of para-hydroxylation sites is 4. The Morgan fingerprint density at radius 2 is 0.804 bits per heavy atom. The van der Waals surface area contributed by atoms with E-state index in [-0.39, 0.29) is 0 Å². The molecule has 226 valence electrons. The quantitative estimate of drug-likeness (QED) is 0.122. The third kappa shape index (κ3) is 7.72. The number of nitrogens with zero attached hydrogens (tertiary/aromatic N) is 2. The molecule has 0 saturated carbocycles. The summed E-state index contributed by atoms with van der Waals surface area (Å²) in [7, 11) is 0. The fourth-order valence-corrected chi connectivity index (χ4v) is 5.87. The van der Waals surface area contributed by atoms with Gasteiger partial charge in [-0.2, -0.15) is 0 Å². The molecule has 6 aromatic rings. The molecule has 0 aliphatic heterocycles. The molecular formula is C44H40N2. The molecule has 6 rings (SSSR count). The second kappa shape index (κ2) is 15.9. The lowest BCUT2D eigenvalue weighted by Gasteiger charge is -2.36. The average molecular weight is 597 g/mol. The molecule has 0 heterocycles. The number of rotatable bonds is 13. The van der Waals surface area contributed by atoms with E-state index in [9.17, 15) is 0 Å². The highest BCUT2D eigenvalue weighted by Gasteiger charge is 2.25. The maximum absolute atomic E-state index is 2.46. The second-order valence-electron chi connectivity index (χ2n) is 11.2. The van der Waals surface area contributed by atoms with Gasteiger partial charge in [0.25, 0.3) is 0 Å². The highest BCUT2D eigenvalue weighted by molar-refractivity contribution is 5.92. The summed E-state index contributed by atoms with van der Waals surface area (Å²) < 4.78 is 0. The van der Waals surface area contributed by atoms with Crippen LogP contribution in [0.1, 0.15) is 36.8 Å². The van der Waals surface area contributed by atoms with Crippen LogP contribution in [0.3, 0.4) is 0 Å². The van der Waals surface area contributed by atoms with Crippen LogP contribution < -0.4 is 9.80 Å². The van der Waals surface area contributed by atoms with Gasteiger partial charge in [0.1, 0.15) is 0 Å². The van der Waals surface area contributed by atoms with Crippen molar-refractivity contribution in [3.63, 3.8) is 0 Å². The fourth-order valence-electron chi connectivity index (χ4n) is 5.87. The minimum Gasteiger partial charge on any atom is -0.312 e. The fraction of sp³-hybridized carbons (Fsp3) is 0.0909. The Morgan fingerprint density at radius 1 is 0.413 bits per heavy atom. The summed E-state index contributed by atoms with van der Waals surface area (Å²) in [4.78, 5) is 4.89. The molecule has 6 aromatic carbocycles. The summed E-state index contributed by atoms with van der Waals surface area (Å²) in [6.45, 7) is 0. The zero-order chi connectivity index (χ0) is 31.2. The van der Waals surface area contributed by atoms with Crippen LogP contribution in [0, 0.1) is 0 Å². The number of hydrogen-bond acceptors (Lipinski definition) is 2. The lowest BCUT2D eigenvalue weighted by molar-refractivity contribution is 0.734. The lowest BCUT2D eigenvalue weighted by Crippen LogP contribution is -2.25. The summed E-state index contributed by atoms with van der Waals surface area (Å²) in [6.07, 6.45) is 8.59. The third-order valence-corrected chi connectivity index (χ3v) is 8.02. The van der Waals surface area contributed by atoms with Crippen molar-refractivity contribution in [3.05, 3.63) is 205 Å². The average Bonchev–Trinajstić information content (AvgIpc) is 3.14. The first-order chi connectivity index (χ1) is 22.9. The topological polar surface area (TPSA) is 6.48 Å². The van der Waals surface area contributed by atoms with Gasteiger partial charge in [-0.05, 0) is 79.8 Å². The maximum atomic E-state index is 2.46. The van der Waals surface area contributed by atoms with Crippen LogP contribution in [0.2, 0.25) is 0 Å². The van der Waals surface area contributed by atoms with Crippen molar-refractivity contribution in [3.8, 4) is 0 Å². The number of anilines is 4. The molecule has 0 spiro atoms. The summed E-state index contributed by atoms with van der Waals surface area (Å²) >= 11 is 0. The number of unbranched alkanes of at least 4 members (excludes halogenated alkanes) is 2. The first kappa shape index (κ1) is 30.4. The van der Waals surface area contributed by atoms with Crippen LogP contribution in [0.5, 0.6) is 0 Å². The number of benzene rings is 6. The van der Waals surface area contributed by atoms with Gasteiger partial charge >= 0.3 is 0 Å². The molecule has 0 saturated heterocycles. The van der Waals surface area contributed by atoms with Crippen molar-refractivity contribution < 1.29 is 0 Å². The summed E-state index contributed by atoms with van der Waals surface area (Å²) in [5.41, 5.74) is 9.37. The first-order valence-corrected chi connectivity index (χ1v) is 16.2. The number of allylic oxidation sites excluding steroid dienone is 2. The highest BCUT2D eigenvalue weighted by Crippen LogP contribution is 2.42. The van der Waals surface area contributed by atoms with Crippen LogP contribution in [0.4, 0.5) is 22.7 Å². The Kier molecular flexibility index (Phi) is 10.5. The predicted octanol–water partition coefficient (Wildman–Crippen LogP) is 12.3. The minimum atomic E-state index is 0.892. The van der Waals surface area contributed by atoms with Crippen molar-refractivity contribution in [1.29, 1.82) is 0 Å². The van der Waals surface area contributed by atoms with E-state index in [2.05, 4.69) is 204 Å². The van der Waals surface area contributed by atoms with E-state index < -0.39 is 0 Å². The largest absolute Gasteiger partial charge is 0.312 e. The molecule has 0 fully saturated rings. The Morgan fingerprint density at radius 3 is 1.26 bits per heavy atom. The molecule has 2 nitrogen and oxygen atoms in total. The molecule has 0 atom stereocenters. The third-order valence-electron chi connectivity index (χ3n) is 8.02. The summed E-state index contributed by atoms with van der Waals surface area (Å²) in [5, 5.41) is 0. The SMILES string of the molecule is C(=Cc1ccccc1)CCCCC(=C(c1ccccc1)N(c1ccccc1)c1ccccc1)N(c1ccccc1)c1ccccc1. The van der Waals surface area contributed by atoms with Gasteiger partial charge < -0.3 is 9.80 Å². The van der Waals surface area contributed by atoms with Crippen LogP contribution >= 0.6 is 0 Å². The summed E-state index contributed by atoms with van der Waals surface area (Å²) in [6, 6.07) is 64.5. The molecule has 46 heavy (non-hydrogen) atoms. The smallest absolute Gasteiger partial charge is 0.0732 e. The van der Waals surface area contributed by atoms with E-state index in [4.69, 9.17) is 0 Å². The first-order valence-electron chi connectivity index (χ1n) is 16.2. The van der Waals surface area contributed by atoms with Crippen molar-refractivity contribution >= 4 is 34.5 Å². The lowest BCUT2D eigenvalue weighted by atomic mass is 10.0. The molecule has 0 bridgehead atoms. The normalized spacial score (nSPS) is 11.7. The van der Waals surface area contributed by atoms with Crippen molar-refractivity contribution in [1.82, 2.24) is 0 Å². The van der Waals surface area contributed by atoms with Gasteiger partial charge in [0.2, 0.25) is 0 Å². The molecule has 0 unspecified atom stereocenters. The van der Waals surface area contributed by atoms with E-state index in [0.717, 1.165) is 48.4 Å². The van der Waals surface area contributed by atoms with E-state index in [1.165, 1.54) is 22.5 Å². The molecule has 0 aromatic heterocycles. The van der Waals surface area contributed by atoms with E-state index in [0.29, 0.717) is 0 Å². The van der Waals surface area contributed by atoms with Gasteiger partial charge in [0, 0.05) is 34.0 Å². The molecular weight excluding hydrogens is 556 g/mol. The standard InChI is InChI=1S/C44H40N2/c1(9-23-37-24-10-3-11-25-37)2-22-36-43(45(39-28-14-5-15-29-39)40-30-16-6-17-31-40)44(38-26-12-4-13-27-38)46(41-32-18-7-19-33-41)42-34-20-8-21-35-42/h3-21,23-35H,1-2,22,36H2. The van der Waals surface area contributed by atoms with E-state index in [1.807, 2.05) is 0 Å². The van der Waals surface area contributed by atoms with E-state index in [1.54, 1.807) is 0 Å². The zero-order valence-electron chi connectivity index (χ0n) is 26.2. The minimum absolute atomic E-state index is 0.892. The Bertz CT molecular complexity index is 1720. The monoisotopic (exact) mass is 596 g/mol. The van der Waals surface area contributed by atoms with Gasteiger partial charge in [-0.15, -0.1) is 0 Å². The van der Waals surface area contributed by atoms with Crippen LogP contribution in [-0.2, 0) is 0 Å². The molecule has 2 heteroatoms. The van der Waals surface area contributed by atoms with Gasteiger partial charge in [-0.3, -0.25) is 0 Å². The van der Waals surface area contributed by atoms with E-state index >= 15 is 0 Å².